The summed E-state index contributed by atoms with van der Waals surface area (Å²) in [6.45, 7) is 0.450. The fourth-order valence-electron chi connectivity index (χ4n) is 2.05. The highest BCUT2D eigenvalue weighted by molar-refractivity contribution is 5.96. The maximum absolute atomic E-state index is 11.9. The number of likely N-dealkylation sites (tertiary alicyclic amines) is 1. The lowest BCUT2D eigenvalue weighted by Crippen LogP contribution is -2.46. The topological polar surface area (TPSA) is 76.3 Å². The third-order valence-electron chi connectivity index (χ3n) is 3.11. The van der Waals surface area contributed by atoms with E-state index in [-0.39, 0.29) is 24.3 Å². The minimum atomic E-state index is -0.148. The van der Waals surface area contributed by atoms with Crippen LogP contribution in [0, 0.1) is 0 Å². The number of imide groups is 1. The number of aromatic nitrogens is 1. The highest BCUT2D eigenvalue weighted by atomic mass is 16.2. The Morgan fingerprint density at radius 1 is 1.56 bits per heavy atom. The Labute approximate surface area is 106 Å². The van der Waals surface area contributed by atoms with E-state index in [1.807, 2.05) is 12.1 Å². The smallest absolute Gasteiger partial charge is 0.230 e. The molecule has 1 aliphatic heterocycles. The molecule has 0 radical (unpaired) electrons. The summed E-state index contributed by atoms with van der Waals surface area (Å²) in [5.74, 6) is -0.263. The third kappa shape index (κ3) is 3.13. The van der Waals surface area contributed by atoms with Gasteiger partial charge in [-0.1, -0.05) is 6.07 Å². The molecule has 5 heteroatoms. The Bertz CT molecular complexity index is 433. The molecule has 0 spiro atoms. The van der Waals surface area contributed by atoms with Crippen molar-refractivity contribution in [2.24, 2.45) is 5.73 Å². The van der Waals surface area contributed by atoms with Gasteiger partial charge in [0.05, 0.1) is 0 Å². The van der Waals surface area contributed by atoms with Crippen molar-refractivity contribution >= 4 is 11.8 Å². The number of hydrogen-bond acceptors (Lipinski definition) is 4. The Balaban J connectivity index is 1.87. The maximum atomic E-state index is 11.9. The largest absolute Gasteiger partial charge is 0.327 e. The predicted molar refractivity (Wildman–Crippen MR) is 66.5 cm³/mol. The normalized spacial score (nSPS) is 19.9. The summed E-state index contributed by atoms with van der Waals surface area (Å²) in [5, 5.41) is 0. The standard InChI is InChI=1S/C13H17N3O2/c14-11-5-7-16(13(18)8-11)12(17)4-3-10-2-1-6-15-9-10/h1-2,6,9,11H,3-5,7-8,14H2. The Morgan fingerprint density at radius 3 is 3.06 bits per heavy atom. The van der Waals surface area contributed by atoms with Crippen LogP contribution < -0.4 is 5.73 Å². The molecular formula is C13H17N3O2. The van der Waals surface area contributed by atoms with Crippen LogP contribution >= 0.6 is 0 Å². The SMILES string of the molecule is NC1CCN(C(=O)CCc2cccnc2)C(=O)C1. The van der Waals surface area contributed by atoms with E-state index in [4.69, 9.17) is 5.73 Å². The van der Waals surface area contributed by atoms with Crippen LogP contribution in [0.3, 0.4) is 0 Å². The van der Waals surface area contributed by atoms with Gasteiger partial charge in [-0.05, 0) is 24.5 Å². The van der Waals surface area contributed by atoms with Gasteiger partial charge < -0.3 is 5.73 Å². The minimum absolute atomic E-state index is 0.0973. The first kappa shape index (κ1) is 12.7. The van der Waals surface area contributed by atoms with E-state index < -0.39 is 0 Å². The first-order valence-corrected chi connectivity index (χ1v) is 6.14. The molecule has 0 aromatic carbocycles. The Hall–Kier alpha value is -1.75. The fourth-order valence-corrected chi connectivity index (χ4v) is 2.05. The van der Waals surface area contributed by atoms with Crippen molar-refractivity contribution in [3.63, 3.8) is 0 Å². The van der Waals surface area contributed by atoms with Crippen LogP contribution in [0.5, 0.6) is 0 Å². The second kappa shape index (κ2) is 5.73. The van der Waals surface area contributed by atoms with Gasteiger partial charge in [-0.15, -0.1) is 0 Å². The molecule has 0 aliphatic carbocycles. The molecule has 18 heavy (non-hydrogen) atoms. The van der Waals surface area contributed by atoms with Crippen LogP contribution in [0.25, 0.3) is 0 Å². The predicted octanol–water partition coefficient (Wildman–Crippen LogP) is 0.490. The van der Waals surface area contributed by atoms with Gasteiger partial charge in [-0.2, -0.15) is 0 Å². The number of pyridine rings is 1. The van der Waals surface area contributed by atoms with Gasteiger partial charge in [0.25, 0.3) is 0 Å². The van der Waals surface area contributed by atoms with Gasteiger partial charge in [-0.25, -0.2) is 0 Å². The number of piperidine rings is 1. The van der Waals surface area contributed by atoms with Gasteiger partial charge in [0.15, 0.2) is 0 Å². The van der Waals surface area contributed by atoms with E-state index in [2.05, 4.69) is 4.98 Å². The second-order valence-electron chi connectivity index (χ2n) is 4.55. The molecule has 1 unspecified atom stereocenters. The second-order valence-corrected chi connectivity index (χ2v) is 4.55. The van der Waals surface area contributed by atoms with Crippen molar-refractivity contribution in [3.8, 4) is 0 Å². The first-order chi connectivity index (χ1) is 8.66. The highest BCUT2D eigenvalue weighted by Crippen LogP contribution is 2.12. The number of nitrogens with zero attached hydrogens (tertiary/aromatic N) is 2. The Morgan fingerprint density at radius 2 is 2.39 bits per heavy atom. The molecule has 5 nitrogen and oxygen atoms in total. The summed E-state index contributed by atoms with van der Waals surface area (Å²) in [6.07, 6.45) is 5.36. The Kier molecular flexibility index (Phi) is 4.04. The molecule has 1 saturated heterocycles. The van der Waals surface area contributed by atoms with Gasteiger partial charge in [0.2, 0.25) is 11.8 Å². The van der Waals surface area contributed by atoms with Gasteiger partial charge >= 0.3 is 0 Å². The molecule has 2 heterocycles. The quantitative estimate of drug-likeness (QED) is 0.843. The highest BCUT2D eigenvalue weighted by Gasteiger charge is 2.27. The van der Waals surface area contributed by atoms with Crippen LogP contribution in [0.15, 0.2) is 24.5 Å². The van der Waals surface area contributed by atoms with Crippen LogP contribution in [0.1, 0.15) is 24.8 Å². The van der Waals surface area contributed by atoms with E-state index in [0.717, 1.165) is 5.56 Å². The van der Waals surface area contributed by atoms with Gasteiger partial charge in [0.1, 0.15) is 0 Å². The molecule has 1 aromatic rings. The summed E-state index contributed by atoms with van der Waals surface area (Å²) >= 11 is 0. The number of hydrogen-bond donors (Lipinski definition) is 1. The van der Waals surface area contributed by atoms with E-state index in [1.165, 1.54) is 4.90 Å². The summed E-state index contributed by atoms with van der Waals surface area (Å²) in [6, 6.07) is 3.67. The molecular weight excluding hydrogens is 230 g/mol. The lowest BCUT2D eigenvalue weighted by Gasteiger charge is -2.28. The van der Waals surface area contributed by atoms with Gasteiger partial charge in [-0.3, -0.25) is 19.5 Å². The van der Waals surface area contributed by atoms with Crippen LogP contribution in [-0.4, -0.2) is 34.3 Å². The number of aryl methyl sites for hydroxylation is 1. The summed E-state index contributed by atoms with van der Waals surface area (Å²) in [7, 11) is 0. The molecule has 0 saturated carbocycles. The molecule has 0 bridgehead atoms. The molecule has 1 fully saturated rings. The molecule has 2 N–H and O–H groups in total. The molecule has 1 aliphatic rings. The van der Waals surface area contributed by atoms with E-state index in [0.29, 0.717) is 25.8 Å². The van der Waals surface area contributed by atoms with Crippen LogP contribution in [0.4, 0.5) is 0 Å². The summed E-state index contributed by atoms with van der Waals surface area (Å²) in [4.78, 5) is 28.9. The zero-order valence-electron chi connectivity index (χ0n) is 10.2. The number of carbonyl (C=O) groups excluding carboxylic acids is 2. The third-order valence-corrected chi connectivity index (χ3v) is 3.11. The van der Waals surface area contributed by atoms with Crippen molar-refractivity contribution in [2.75, 3.05) is 6.54 Å². The zero-order chi connectivity index (χ0) is 13.0. The molecule has 2 amide bonds. The van der Waals surface area contributed by atoms with Crippen molar-refractivity contribution in [3.05, 3.63) is 30.1 Å². The molecule has 96 valence electrons. The molecule has 1 aromatic heterocycles. The van der Waals surface area contributed by atoms with E-state index >= 15 is 0 Å². The molecule has 2 rings (SSSR count). The van der Waals surface area contributed by atoms with Crippen molar-refractivity contribution in [1.82, 2.24) is 9.88 Å². The average Bonchev–Trinajstić information content (AvgIpc) is 2.37. The van der Waals surface area contributed by atoms with Crippen LogP contribution in [-0.2, 0) is 16.0 Å². The summed E-state index contributed by atoms with van der Waals surface area (Å²) < 4.78 is 0. The average molecular weight is 247 g/mol. The number of amides is 2. The van der Waals surface area contributed by atoms with Crippen molar-refractivity contribution in [1.29, 1.82) is 0 Å². The molecule has 1 atom stereocenters. The number of rotatable bonds is 3. The lowest BCUT2D eigenvalue weighted by atomic mass is 10.0. The first-order valence-electron chi connectivity index (χ1n) is 6.14. The number of nitrogens with two attached hydrogens (primary N) is 1. The van der Waals surface area contributed by atoms with Gasteiger partial charge in [0, 0.05) is 37.8 Å². The van der Waals surface area contributed by atoms with E-state index in [9.17, 15) is 9.59 Å². The fraction of sp³-hybridized carbons (Fsp3) is 0.462. The van der Waals surface area contributed by atoms with Crippen molar-refractivity contribution in [2.45, 2.75) is 31.7 Å². The monoisotopic (exact) mass is 247 g/mol. The minimum Gasteiger partial charge on any atom is -0.327 e. The zero-order valence-corrected chi connectivity index (χ0v) is 10.2. The van der Waals surface area contributed by atoms with Crippen molar-refractivity contribution < 1.29 is 9.59 Å². The lowest BCUT2D eigenvalue weighted by molar-refractivity contribution is -0.146. The summed E-state index contributed by atoms with van der Waals surface area (Å²) in [5.41, 5.74) is 6.69. The number of carbonyl (C=O) groups is 2. The maximum Gasteiger partial charge on any atom is 0.230 e. The van der Waals surface area contributed by atoms with Crippen LogP contribution in [0.2, 0.25) is 0 Å². The van der Waals surface area contributed by atoms with E-state index in [1.54, 1.807) is 12.4 Å².